The molecule has 4 heteroatoms. The van der Waals surface area contributed by atoms with E-state index in [2.05, 4.69) is 5.32 Å². The van der Waals surface area contributed by atoms with Crippen LogP contribution in [0.25, 0.3) is 0 Å². The molecule has 0 fully saturated rings. The quantitative estimate of drug-likeness (QED) is 0.858. The number of hydrogen-bond acceptors (Lipinski definition) is 1. The van der Waals surface area contributed by atoms with E-state index in [1.54, 1.807) is 36.4 Å². The third kappa shape index (κ3) is 3.03. The van der Waals surface area contributed by atoms with Gasteiger partial charge in [0.2, 0.25) is 0 Å². The van der Waals surface area contributed by atoms with E-state index >= 15 is 0 Å². The lowest BCUT2D eigenvalue weighted by Crippen LogP contribution is -2.11. The summed E-state index contributed by atoms with van der Waals surface area (Å²) >= 11 is 11.7. The summed E-state index contributed by atoms with van der Waals surface area (Å²) in [6.07, 6.45) is 0. The average Bonchev–Trinajstić information content (AvgIpc) is 2.34. The molecule has 0 aromatic heterocycles. The Bertz CT molecular complexity index is 579. The number of nitrogens with one attached hydrogen (secondary N) is 1. The number of carbonyl (C=O) groups excluding carboxylic acids is 1. The second-order valence-electron chi connectivity index (χ2n) is 3.92. The number of carbonyl (C=O) groups is 1. The molecule has 0 saturated heterocycles. The smallest absolute Gasteiger partial charge is 0.255 e. The summed E-state index contributed by atoms with van der Waals surface area (Å²) < 4.78 is 0. The molecule has 1 N–H and O–H groups in total. The predicted octanol–water partition coefficient (Wildman–Crippen LogP) is 4.55. The van der Waals surface area contributed by atoms with Crippen molar-refractivity contribution in [2.24, 2.45) is 0 Å². The number of aryl methyl sites for hydroxylation is 1. The van der Waals surface area contributed by atoms with Gasteiger partial charge in [-0.1, -0.05) is 23.2 Å². The Morgan fingerprint density at radius 2 is 1.72 bits per heavy atom. The van der Waals surface area contributed by atoms with E-state index < -0.39 is 0 Å². The monoisotopic (exact) mass is 279 g/mol. The summed E-state index contributed by atoms with van der Waals surface area (Å²) in [4.78, 5) is 11.9. The standard InChI is InChI=1S/C14H11Cl2NO/c1-9-8-12(6-7-13(9)16)17-14(18)10-2-4-11(15)5-3-10/h2-8H,1H3,(H,17,18). The summed E-state index contributed by atoms with van der Waals surface area (Å²) in [5.41, 5.74) is 2.20. The fourth-order valence-electron chi connectivity index (χ4n) is 1.53. The molecular weight excluding hydrogens is 269 g/mol. The topological polar surface area (TPSA) is 29.1 Å². The number of amides is 1. The lowest BCUT2D eigenvalue weighted by Gasteiger charge is -2.07. The van der Waals surface area contributed by atoms with E-state index in [4.69, 9.17) is 23.2 Å². The molecule has 0 bridgehead atoms. The molecule has 0 aliphatic rings. The summed E-state index contributed by atoms with van der Waals surface area (Å²) in [7, 11) is 0. The van der Waals surface area contributed by atoms with Crippen molar-refractivity contribution in [2.75, 3.05) is 5.32 Å². The van der Waals surface area contributed by atoms with Crippen LogP contribution in [0.5, 0.6) is 0 Å². The fourth-order valence-corrected chi connectivity index (χ4v) is 1.77. The van der Waals surface area contributed by atoms with E-state index in [9.17, 15) is 4.79 Å². The molecule has 18 heavy (non-hydrogen) atoms. The first kappa shape index (κ1) is 12.9. The van der Waals surface area contributed by atoms with Gasteiger partial charge in [-0.15, -0.1) is 0 Å². The van der Waals surface area contributed by atoms with Gasteiger partial charge in [0.05, 0.1) is 0 Å². The van der Waals surface area contributed by atoms with Gasteiger partial charge < -0.3 is 5.32 Å². The minimum atomic E-state index is -0.173. The lowest BCUT2D eigenvalue weighted by atomic mass is 10.2. The predicted molar refractivity (Wildman–Crippen MR) is 75.6 cm³/mol. The molecule has 2 nitrogen and oxygen atoms in total. The van der Waals surface area contributed by atoms with Gasteiger partial charge in [-0.05, 0) is 55.0 Å². The molecule has 0 heterocycles. The lowest BCUT2D eigenvalue weighted by molar-refractivity contribution is 0.102. The van der Waals surface area contributed by atoms with E-state index in [0.29, 0.717) is 15.6 Å². The summed E-state index contributed by atoms with van der Waals surface area (Å²) in [6, 6.07) is 12.1. The van der Waals surface area contributed by atoms with Crippen LogP contribution in [-0.4, -0.2) is 5.91 Å². The van der Waals surface area contributed by atoms with Gasteiger partial charge in [-0.2, -0.15) is 0 Å². The maximum Gasteiger partial charge on any atom is 0.255 e. The second kappa shape index (κ2) is 5.42. The first-order valence-corrected chi connectivity index (χ1v) is 6.15. The Balaban J connectivity index is 2.16. The Morgan fingerprint density at radius 3 is 2.33 bits per heavy atom. The van der Waals surface area contributed by atoms with Crippen molar-refractivity contribution in [1.29, 1.82) is 0 Å². The van der Waals surface area contributed by atoms with Gasteiger partial charge in [0.25, 0.3) is 5.91 Å². The summed E-state index contributed by atoms with van der Waals surface area (Å²) in [6.45, 7) is 1.89. The zero-order valence-corrected chi connectivity index (χ0v) is 11.2. The first-order valence-electron chi connectivity index (χ1n) is 5.39. The number of anilines is 1. The third-order valence-electron chi connectivity index (χ3n) is 2.52. The van der Waals surface area contributed by atoms with Crippen molar-refractivity contribution >= 4 is 34.8 Å². The Hall–Kier alpha value is -1.51. The maximum absolute atomic E-state index is 11.9. The molecule has 0 spiro atoms. The van der Waals surface area contributed by atoms with Gasteiger partial charge in [0, 0.05) is 21.3 Å². The van der Waals surface area contributed by atoms with Crippen LogP contribution >= 0.6 is 23.2 Å². The molecule has 0 aliphatic heterocycles. The minimum absolute atomic E-state index is 0.173. The van der Waals surface area contributed by atoms with Crippen LogP contribution in [0.2, 0.25) is 10.0 Å². The Kier molecular flexibility index (Phi) is 3.90. The highest BCUT2D eigenvalue weighted by Crippen LogP contribution is 2.20. The van der Waals surface area contributed by atoms with Crippen LogP contribution in [0, 0.1) is 6.92 Å². The van der Waals surface area contributed by atoms with Crippen molar-refractivity contribution in [3.8, 4) is 0 Å². The molecule has 0 saturated carbocycles. The normalized spacial score (nSPS) is 10.2. The summed E-state index contributed by atoms with van der Waals surface area (Å²) in [5, 5.41) is 4.09. The molecular formula is C14H11Cl2NO. The molecule has 2 aromatic rings. The van der Waals surface area contributed by atoms with Gasteiger partial charge in [0.1, 0.15) is 0 Å². The molecule has 92 valence electrons. The molecule has 0 radical (unpaired) electrons. The Morgan fingerprint density at radius 1 is 1.06 bits per heavy atom. The van der Waals surface area contributed by atoms with Crippen LogP contribution in [0.4, 0.5) is 5.69 Å². The van der Waals surface area contributed by atoms with Gasteiger partial charge in [-0.25, -0.2) is 0 Å². The zero-order valence-electron chi connectivity index (χ0n) is 9.71. The number of rotatable bonds is 2. The SMILES string of the molecule is Cc1cc(NC(=O)c2ccc(Cl)cc2)ccc1Cl. The zero-order chi connectivity index (χ0) is 13.1. The molecule has 0 atom stereocenters. The second-order valence-corrected chi connectivity index (χ2v) is 4.77. The maximum atomic E-state index is 11.9. The van der Waals surface area contributed by atoms with Crippen molar-refractivity contribution in [1.82, 2.24) is 0 Å². The molecule has 0 unspecified atom stereocenters. The van der Waals surface area contributed by atoms with E-state index in [1.165, 1.54) is 0 Å². The fraction of sp³-hybridized carbons (Fsp3) is 0.0714. The number of halogens is 2. The summed E-state index contributed by atoms with van der Waals surface area (Å²) in [5.74, 6) is -0.173. The minimum Gasteiger partial charge on any atom is -0.322 e. The Labute approximate surface area is 116 Å². The number of benzene rings is 2. The van der Waals surface area contributed by atoms with Crippen molar-refractivity contribution in [3.05, 3.63) is 63.6 Å². The highest BCUT2D eigenvalue weighted by Gasteiger charge is 2.06. The highest BCUT2D eigenvalue weighted by atomic mass is 35.5. The van der Waals surface area contributed by atoms with Gasteiger partial charge in [-0.3, -0.25) is 4.79 Å². The van der Waals surface area contributed by atoms with Gasteiger partial charge in [0.15, 0.2) is 0 Å². The van der Waals surface area contributed by atoms with Crippen molar-refractivity contribution in [3.63, 3.8) is 0 Å². The third-order valence-corrected chi connectivity index (χ3v) is 3.20. The van der Waals surface area contributed by atoms with Crippen molar-refractivity contribution in [2.45, 2.75) is 6.92 Å². The van der Waals surface area contributed by atoms with E-state index in [-0.39, 0.29) is 5.91 Å². The van der Waals surface area contributed by atoms with Crippen LogP contribution in [0.15, 0.2) is 42.5 Å². The van der Waals surface area contributed by atoms with Crippen LogP contribution in [0.3, 0.4) is 0 Å². The first-order chi connectivity index (χ1) is 8.56. The average molecular weight is 280 g/mol. The largest absolute Gasteiger partial charge is 0.322 e. The van der Waals surface area contributed by atoms with Crippen molar-refractivity contribution < 1.29 is 4.79 Å². The van der Waals surface area contributed by atoms with E-state index in [1.807, 2.05) is 13.0 Å². The van der Waals surface area contributed by atoms with Crippen LogP contribution < -0.4 is 5.32 Å². The number of hydrogen-bond donors (Lipinski definition) is 1. The molecule has 1 amide bonds. The van der Waals surface area contributed by atoms with Gasteiger partial charge >= 0.3 is 0 Å². The van der Waals surface area contributed by atoms with Crippen LogP contribution in [0.1, 0.15) is 15.9 Å². The molecule has 2 rings (SSSR count). The van der Waals surface area contributed by atoms with Crippen LogP contribution in [-0.2, 0) is 0 Å². The molecule has 2 aromatic carbocycles. The highest BCUT2D eigenvalue weighted by molar-refractivity contribution is 6.31. The van der Waals surface area contributed by atoms with E-state index in [0.717, 1.165) is 11.3 Å². The molecule has 0 aliphatic carbocycles.